The molecule has 0 bridgehead atoms. The van der Waals surface area contributed by atoms with Gasteiger partial charge in [-0.25, -0.2) is 4.39 Å². The van der Waals surface area contributed by atoms with Crippen molar-refractivity contribution in [3.05, 3.63) is 76.9 Å². The zero-order chi connectivity index (χ0) is 18.3. The molecular formula is C21H19FN2O2. The molecule has 1 N–H and O–H groups in total. The summed E-state index contributed by atoms with van der Waals surface area (Å²) in [5, 5.41) is 3.08. The lowest BCUT2D eigenvalue weighted by molar-refractivity contribution is 0.0939. The monoisotopic (exact) mass is 350 g/mol. The Labute approximate surface area is 151 Å². The highest BCUT2D eigenvalue weighted by atomic mass is 19.1. The number of nitrogens with one attached hydrogen (secondary N) is 1. The molecule has 1 heterocycles. The molecule has 1 aliphatic carbocycles. The van der Waals surface area contributed by atoms with Gasteiger partial charge < -0.3 is 10.2 Å². The molecule has 2 aromatic rings. The third-order valence-corrected chi connectivity index (χ3v) is 5.05. The highest BCUT2D eigenvalue weighted by Gasteiger charge is 2.37. The molecule has 0 amide bonds. The summed E-state index contributed by atoms with van der Waals surface area (Å²) in [7, 11) is 0. The summed E-state index contributed by atoms with van der Waals surface area (Å²) in [6.07, 6.45) is 1.97. The first-order valence-electron chi connectivity index (χ1n) is 8.78. The Bertz CT molecular complexity index is 918. The van der Waals surface area contributed by atoms with Crippen LogP contribution >= 0.6 is 0 Å². The summed E-state index contributed by atoms with van der Waals surface area (Å²) in [6, 6.07) is 12.9. The second-order valence-corrected chi connectivity index (χ2v) is 6.74. The van der Waals surface area contributed by atoms with Crippen LogP contribution in [0.25, 0.3) is 0 Å². The molecule has 2 aliphatic rings. The van der Waals surface area contributed by atoms with E-state index in [1.807, 2.05) is 4.90 Å². The molecule has 0 saturated carbocycles. The van der Waals surface area contributed by atoms with Gasteiger partial charge in [-0.05, 0) is 44.0 Å². The minimum absolute atomic E-state index is 0.140. The first-order chi connectivity index (χ1) is 12.6. The fourth-order valence-electron chi connectivity index (χ4n) is 3.70. The Morgan fingerprint density at radius 1 is 1.00 bits per heavy atom. The second kappa shape index (κ2) is 6.41. The van der Waals surface area contributed by atoms with Crippen molar-refractivity contribution in [2.24, 2.45) is 0 Å². The highest BCUT2D eigenvalue weighted by Crippen LogP contribution is 2.33. The van der Waals surface area contributed by atoms with E-state index in [2.05, 4.69) is 12.2 Å². The van der Waals surface area contributed by atoms with E-state index in [0.29, 0.717) is 22.5 Å². The van der Waals surface area contributed by atoms with E-state index in [0.717, 1.165) is 19.4 Å². The molecule has 1 atom stereocenters. The topological polar surface area (TPSA) is 49.4 Å². The molecule has 4 rings (SSSR count). The van der Waals surface area contributed by atoms with Gasteiger partial charge in [0.15, 0.2) is 0 Å². The fraction of sp³-hybridized carbons (Fsp3) is 0.238. The average Bonchev–Trinajstić information content (AvgIpc) is 3.07. The van der Waals surface area contributed by atoms with Crippen LogP contribution in [0.1, 0.15) is 40.5 Å². The van der Waals surface area contributed by atoms with Crippen molar-refractivity contribution >= 4 is 17.3 Å². The predicted octanol–water partition coefficient (Wildman–Crippen LogP) is 4.01. The molecule has 0 radical (unpaired) electrons. The number of hydrogen-bond donors (Lipinski definition) is 1. The van der Waals surface area contributed by atoms with Gasteiger partial charge in [-0.2, -0.15) is 0 Å². The molecule has 1 fully saturated rings. The molecule has 5 heteroatoms. The van der Waals surface area contributed by atoms with Crippen molar-refractivity contribution in [2.45, 2.75) is 25.8 Å². The van der Waals surface area contributed by atoms with Crippen LogP contribution in [-0.2, 0) is 0 Å². The molecule has 132 valence electrons. The van der Waals surface area contributed by atoms with Crippen LogP contribution in [0, 0.1) is 5.82 Å². The number of Topliss-reactive ketones (excluding diaryl/α,β-unsaturated/α-hetero) is 2. The molecular weight excluding hydrogens is 331 g/mol. The Morgan fingerprint density at radius 3 is 2.27 bits per heavy atom. The number of allylic oxidation sites excluding steroid dienone is 2. The van der Waals surface area contributed by atoms with Gasteiger partial charge >= 0.3 is 0 Å². The Balaban J connectivity index is 1.84. The number of halogens is 1. The van der Waals surface area contributed by atoms with Crippen LogP contribution < -0.4 is 5.32 Å². The number of rotatable bonds is 3. The molecule has 0 spiro atoms. The van der Waals surface area contributed by atoms with Crippen LogP contribution in [0.4, 0.5) is 10.1 Å². The van der Waals surface area contributed by atoms with E-state index in [-0.39, 0.29) is 29.1 Å². The van der Waals surface area contributed by atoms with Gasteiger partial charge in [0.2, 0.25) is 11.6 Å². The lowest BCUT2D eigenvalue weighted by Crippen LogP contribution is -2.38. The van der Waals surface area contributed by atoms with E-state index in [1.54, 1.807) is 36.4 Å². The number of fused-ring (bicyclic) bond motifs is 1. The number of hydrogen-bond acceptors (Lipinski definition) is 4. The van der Waals surface area contributed by atoms with Gasteiger partial charge in [0.1, 0.15) is 17.2 Å². The number of nitrogens with zero attached hydrogens (tertiary/aromatic N) is 1. The van der Waals surface area contributed by atoms with Crippen molar-refractivity contribution in [3.63, 3.8) is 0 Å². The lowest BCUT2D eigenvalue weighted by Gasteiger charge is -2.31. The number of ketones is 2. The van der Waals surface area contributed by atoms with Crippen molar-refractivity contribution in [3.8, 4) is 0 Å². The first kappa shape index (κ1) is 16.5. The van der Waals surface area contributed by atoms with Gasteiger partial charge in [-0.15, -0.1) is 0 Å². The Kier molecular flexibility index (Phi) is 4.07. The van der Waals surface area contributed by atoms with Gasteiger partial charge in [0, 0.05) is 29.4 Å². The van der Waals surface area contributed by atoms with E-state index in [1.165, 1.54) is 12.1 Å². The number of anilines is 1. The maximum atomic E-state index is 13.2. The Morgan fingerprint density at radius 2 is 1.65 bits per heavy atom. The molecule has 0 aromatic heterocycles. The molecule has 2 aromatic carbocycles. The van der Waals surface area contributed by atoms with E-state index in [4.69, 9.17) is 0 Å². The summed E-state index contributed by atoms with van der Waals surface area (Å²) < 4.78 is 13.2. The molecule has 1 unspecified atom stereocenters. The summed E-state index contributed by atoms with van der Waals surface area (Å²) >= 11 is 0. The molecule has 26 heavy (non-hydrogen) atoms. The van der Waals surface area contributed by atoms with Gasteiger partial charge in [-0.1, -0.05) is 24.3 Å². The summed E-state index contributed by atoms with van der Waals surface area (Å²) in [6.45, 7) is 2.81. The van der Waals surface area contributed by atoms with Crippen molar-refractivity contribution in [1.29, 1.82) is 0 Å². The second-order valence-electron chi connectivity index (χ2n) is 6.74. The van der Waals surface area contributed by atoms with Crippen molar-refractivity contribution in [2.75, 3.05) is 11.9 Å². The van der Waals surface area contributed by atoms with Crippen LogP contribution in [0.2, 0.25) is 0 Å². The van der Waals surface area contributed by atoms with Gasteiger partial charge in [0.05, 0.1) is 0 Å². The quantitative estimate of drug-likeness (QED) is 0.909. The lowest BCUT2D eigenvalue weighted by atomic mass is 9.89. The summed E-state index contributed by atoms with van der Waals surface area (Å²) in [4.78, 5) is 28.3. The number of benzene rings is 2. The van der Waals surface area contributed by atoms with Crippen LogP contribution in [0.3, 0.4) is 0 Å². The van der Waals surface area contributed by atoms with Crippen LogP contribution in [0.15, 0.2) is 59.9 Å². The molecule has 1 aliphatic heterocycles. The van der Waals surface area contributed by atoms with Gasteiger partial charge in [-0.3, -0.25) is 9.59 Å². The maximum absolute atomic E-state index is 13.2. The standard InChI is InChI=1S/C21H19FN2O2/c1-13-5-4-12-24(13)19-18(23-15-10-8-14(22)9-11-15)20(25)16-6-2-3-7-17(16)21(19)26/h2-3,6-11,13,23H,4-5,12H2,1H3. The molecule has 4 nitrogen and oxygen atoms in total. The largest absolute Gasteiger partial charge is 0.364 e. The number of carbonyl (C=O) groups is 2. The van der Waals surface area contributed by atoms with Crippen molar-refractivity contribution < 1.29 is 14.0 Å². The number of carbonyl (C=O) groups excluding carboxylic acids is 2. The Hall–Kier alpha value is -2.95. The van der Waals surface area contributed by atoms with E-state index >= 15 is 0 Å². The zero-order valence-electron chi connectivity index (χ0n) is 14.5. The smallest absolute Gasteiger partial charge is 0.212 e. The number of likely N-dealkylation sites (tertiary alicyclic amines) is 1. The SMILES string of the molecule is CC1CCCN1C1=C(Nc2ccc(F)cc2)C(=O)c2ccccc2C1=O. The minimum Gasteiger partial charge on any atom is -0.364 e. The maximum Gasteiger partial charge on any atom is 0.212 e. The van der Waals surface area contributed by atoms with E-state index in [9.17, 15) is 14.0 Å². The van der Waals surface area contributed by atoms with Crippen LogP contribution in [0.5, 0.6) is 0 Å². The van der Waals surface area contributed by atoms with E-state index < -0.39 is 0 Å². The normalized spacial score (nSPS) is 19.8. The first-order valence-corrected chi connectivity index (χ1v) is 8.78. The van der Waals surface area contributed by atoms with Crippen LogP contribution in [-0.4, -0.2) is 29.1 Å². The zero-order valence-corrected chi connectivity index (χ0v) is 14.5. The highest BCUT2D eigenvalue weighted by molar-refractivity contribution is 6.27. The third kappa shape index (κ3) is 2.69. The van der Waals surface area contributed by atoms with Gasteiger partial charge in [0.25, 0.3) is 0 Å². The molecule has 1 saturated heterocycles. The average molecular weight is 350 g/mol. The summed E-state index contributed by atoms with van der Waals surface area (Å²) in [5.41, 5.74) is 2.11. The predicted molar refractivity (Wildman–Crippen MR) is 97.6 cm³/mol. The minimum atomic E-state index is -0.352. The van der Waals surface area contributed by atoms with Crippen molar-refractivity contribution in [1.82, 2.24) is 4.90 Å². The summed E-state index contributed by atoms with van der Waals surface area (Å²) in [5.74, 6) is -0.702. The third-order valence-electron chi connectivity index (χ3n) is 5.05. The fourth-order valence-corrected chi connectivity index (χ4v) is 3.70.